The van der Waals surface area contributed by atoms with E-state index in [0.717, 1.165) is 12.1 Å². The van der Waals surface area contributed by atoms with Crippen molar-refractivity contribution in [1.29, 1.82) is 0 Å². The smallest absolute Gasteiger partial charge is 0.262 e. The van der Waals surface area contributed by atoms with Gasteiger partial charge in [-0.1, -0.05) is 24.3 Å². The molecular weight excluding hydrogens is 276 g/mol. The van der Waals surface area contributed by atoms with Crippen molar-refractivity contribution in [1.82, 2.24) is 15.5 Å². The van der Waals surface area contributed by atoms with Gasteiger partial charge in [0.2, 0.25) is 5.91 Å². The van der Waals surface area contributed by atoms with Crippen LogP contribution in [-0.4, -0.2) is 43.4 Å². The SMILES string of the molecule is CN(C)Cc1ccc(CNC(=O)C2CC(F)(F)CN2)cc1. The van der Waals surface area contributed by atoms with Gasteiger partial charge < -0.3 is 10.2 Å². The highest BCUT2D eigenvalue weighted by molar-refractivity contribution is 5.82. The van der Waals surface area contributed by atoms with Gasteiger partial charge in [0.05, 0.1) is 12.6 Å². The fourth-order valence-corrected chi connectivity index (χ4v) is 2.34. The number of halogens is 2. The lowest BCUT2D eigenvalue weighted by atomic mass is 10.1. The zero-order chi connectivity index (χ0) is 15.5. The van der Waals surface area contributed by atoms with Crippen molar-refractivity contribution >= 4 is 5.91 Å². The molecule has 116 valence electrons. The minimum Gasteiger partial charge on any atom is -0.351 e. The van der Waals surface area contributed by atoms with E-state index in [1.54, 1.807) is 0 Å². The summed E-state index contributed by atoms with van der Waals surface area (Å²) in [6.07, 6.45) is -0.430. The van der Waals surface area contributed by atoms with Gasteiger partial charge in [0.15, 0.2) is 0 Å². The van der Waals surface area contributed by atoms with E-state index in [2.05, 4.69) is 15.5 Å². The molecule has 1 saturated heterocycles. The molecule has 0 bridgehead atoms. The number of nitrogens with one attached hydrogen (secondary N) is 2. The van der Waals surface area contributed by atoms with Gasteiger partial charge in [-0.25, -0.2) is 8.78 Å². The Balaban J connectivity index is 1.81. The normalized spacial score (nSPS) is 20.7. The van der Waals surface area contributed by atoms with Gasteiger partial charge in [-0.15, -0.1) is 0 Å². The number of hydrogen-bond acceptors (Lipinski definition) is 3. The second-order valence-corrected chi connectivity index (χ2v) is 5.77. The van der Waals surface area contributed by atoms with Crippen molar-refractivity contribution in [2.75, 3.05) is 20.6 Å². The quantitative estimate of drug-likeness (QED) is 0.862. The molecule has 0 saturated carbocycles. The Hall–Kier alpha value is -1.53. The molecule has 0 spiro atoms. The molecule has 1 unspecified atom stereocenters. The molecule has 1 amide bonds. The highest BCUT2D eigenvalue weighted by Gasteiger charge is 2.42. The Labute approximate surface area is 123 Å². The summed E-state index contributed by atoms with van der Waals surface area (Å²) in [6.45, 7) is 0.781. The molecule has 1 aromatic carbocycles. The predicted octanol–water partition coefficient (Wildman–Crippen LogP) is 1.36. The fraction of sp³-hybridized carbons (Fsp3) is 0.533. The van der Waals surface area contributed by atoms with Crippen LogP contribution in [0.3, 0.4) is 0 Å². The molecule has 1 aliphatic rings. The summed E-state index contributed by atoms with van der Waals surface area (Å²) >= 11 is 0. The standard InChI is InChI=1S/C15H21F2N3O/c1-20(2)9-12-5-3-11(4-6-12)8-18-14(21)13-7-15(16,17)10-19-13/h3-6,13,19H,7-10H2,1-2H3,(H,18,21). The monoisotopic (exact) mass is 297 g/mol. The number of hydrogen-bond donors (Lipinski definition) is 2. The van der Waals surface area contributed by atoms with E-state index in [9.17, 15) is 13.6 Å². The van der Waals surface area contributed by atoms with Crippen LogP contribution >= 0.6 is 0 Å². The third-order valence-corrected chi connectivity index (χ3v) is 3.41. The van der Waals surface area contributed by atoms with Gasteiger partial charge in [0.1, 0.15) is 0 Å². The minimum atomic E-state index is -2.78. The van der Waals surface area contributed by atoms with Crippen LogP contribution in [0.1, 0.15) is 17.5 Å². The van der Waals surface area contributed by atoms with E-state index in [0.29, 0.717) is 6.54 Å². The molecule has 0 radical (unpaired) electrons. The van der Waals surface area contributed by atoms with Crippen LogP contribution in [0.5, 0.6) is 0 Å². The third-order valence-electron chi connectivity index (χ3n) is 3.41. The number of nitrogens with zero attached hydrogens (tertiary/aromatic N) is 1. The Bertz CT molecular complexity index is 488. The van der Waals surface area contributed by atoms with Crippen LogP contribution in [0.4, 0.5) is 8.78 Å². The van der Waals surface area contributed by atoms with E-state index < -0.39 is 24.9 Å². The Kier molecular flexibility index (Phi) is 4.90. The largest absolute Gasteiger partial charge is 0.351 e. The topological polar surface area (TPSA) is 44.4 Å². The molecule has 1 fully saturated rings. The molecule has 0 aromatic heterocycles. The van der Waals surface area contributed by atoms with Crippen molar-refractivity contribution in [3.63, 3.8) is 0 Å². The molecule has 1 aromatic rings. The highest BCUT2D eigenvalue weighted by Crippen LogP contribution is 2.25. The van der Waals surface area contributed by atoms with E-state index in [1.807, 2.05) is 38.4 Å². The summed E-state index contributed by atoms with van der Waals surface area (Å²) < 4.78 is 26.0. The van der Waals surface area contributed by atoms with Crippen LogP contribution < -0.4 is 10.6 Å². The maximum absolute atomic E-state index is 13.0. The first-order valence-corrected chi connectivity index (χ1v) is 6.97. The highest BCUT2D eigenvalue weighted by atomic mass is 19.3. The lowest BCUT2D eigenvalue weighted by Crippen LogP contribution is -2.40. The lowest BCUT2D eigenvalue weighted by molar-refractivity contribution is -0.123. The lowest BCUT2D eigenvalue weighted by Gasteiger charge is -2.12. The number of benzene rings is 1. The molecule has 2 N–H and O–H groups in total. The summed E-state index contributed by atoms with van der Waals surface area (Å²) in [6, 6.07) is 7.09. The molecule has 0 aliphatic carbocycles. The third kappa shape index (κ3) is 4.75. The summed E-state index contributed by atoms with van der Waals surface area (Å²) in [7, 11) is 4.00. The van der Waals surface area contributed by atoms with Gasteiger partial charge in [-0.05, 0) is 25.2 Å². The van der Waals surface area contributed by atoms with E-state index in [1.165, 1.54) is 5.56 Å². The van der Waals surface area contributed by atoms with Crippen LogP contribution in [0.25, 0.3) is 0 Å². The van der Waals surface area contributed by atoms with Crippen LogP contribution in [0, 0.1) is 0 Å². The van der Waals surface area contributed by atoms with E-state index >= 15 is 0 Å². The van der Waals surface area contributed by atoms with Crippen molar-refractivity contribution in [3.05, 3.63) is 35.4 Å². The molecule has 2 rings (SSSR count). The van der Waals surface area contributed by atoms with Gasteiger partial charge in [0.25, 0.3) is 5.92 Å². The maximum Gasteiger partial charge on any atom is 0.262 e. The second kappa shape index (κ2) is 6.49. The first kappa shape index (κ1) is 15.9. The number of alkyl halides is 2. The summed E-state index contributed by atoms with van der Waals surface area (Å²) in [5.41, 5.74) is 2.14. The second-order valence-electron chi connectivity index (χ2n) is 5.77. The predicted molar refractivity (Wildman–Crippen MR) is 77.0 cm³/mol. The first-order valence-electron chi connectivity index (χ1n) is 6.97. The zero-order valence-corrected chi connectivity index (χ0v) is 12.3. The summed E-state index contributed by atoms with van der Waals surface area (Å²) in [5, 5.41) is 5.24. The van der Waals surface area contributed by atoms with Gasteiger partial charge in [-0.3, -0.25) is 10.1 Å². The molecule has 4 nitrogen and oxygen atoms in total. The van der Waals surface area contributed by atoms with Crippen molar-refractivity contribution in [2.24, 2.45) is 0 Å². The molecule has 1 atom stereocenters. The van der Waals surface area contributed by atoms with Crippen molar-refractivity contribution < 1.29 is 13.6 Å². The zero-order valence-electron chi connectivity index (χ0n) is 12.3. The molecule has 1 heterocycles. The summed E-state index contributed by atoms with van der Waals surface area (Å²) in [5.74, 6) is -3.15. The molecule has 21 heavy (non-hydrogen) atoms. The average molecular weight is 297 g/mol. The van der Waals surface area contributed by atoms with Crippen LogP contribution in [-0.2, 0) is 17.9 Å². The maximum atomic E-state index is 13.0. The van der Waals surface area contributed by atoms with E-state index in [-0.39, 0.29) is 5.91 Å². The van der Waals surface area contributed by atoms with E-state index in [4.69, 9.17) is 0 Å². The minimum absolute atomic E-state index is 0.352. The van der Waals surface area contributed by atoms with Crippen LogP contribution in [0.15, 0.2) is 24.3 Å². The number of carbonyl (C=O) groups is 1. The average Bonchev–Trinajstić information content (AvgIpc) is 2.77. The Morgan fingerprint density at radius 3 is 2.48 bits per heavy atom. The van der Waals surface area contributed by atoms with Crippen molar-refractivity contribution in [2.45, 2.75) is 31.5 Å². The summed E-state index contributed by atoms with van der Waals surface area (Å²) in [4.78, 5) is 13.9. The van der Waals surface area contributed by atoms with Gasteiger partial charge in [-0.2, -0.15) is 0 Å². The fourth-order valence-electron chi connectivity index (χ4n) is 2.34. The molecule has 6 heteroatoms. The van der Waals surface area contributed by atoms with Crippen LogP contribution in [0.2, 0.25) is 0 Å². The Morgan fingerprint density at radius 1 is 1.33 bits per heavy atom. The number of carbonyl (C=O) groups excluding carboxylic acids is 1. The first-order chi connectivity index (χ1) is 9.85. The Morgan fingerprint density at radius 2 is 1.95 bits per heavy atom. The number of amides is 1. The molecular formula is C15H21F2N3O. The number of rotatable bonds is 5. The van der Waals surface area contributed by atoms with Crippen molar-refractivity contribution in [3.8, 4) is 0 Å². The van der Waals surface area contributed by atoms with Gasteiger partial charge in [0, 0.05) is 19.5 Å². The molecule has 1 aliphatic heterocycles. The van der Waals surface area contributed by atoms with Gasteiger partial charge >= 0.3 is 0 Å².